The molecule has 6 aliphatic rings. The number of hydrogen-bond acceptors (Lipinski definition) is 22. The number of rotatable bonds is 32. The molecule has 20 aromatic rings. The first-order valence-corrected chi connectivity index (χ1v) is 52.4. The van der Waals surface area contributed by atoms with E-state index in [1.54, 1.807) is 88.7 Å². The molecule has 0 atom stereocenters. The molecular formula is C109H112Cl6N26O8. The smallest absolute Gasteiger partial charge is 0.166 e. The molecule has 0 unspecified atom stereocenters. The summed E-state index contributed by atoms with van der Waals surface area (Å²) in [6.45, 7) is 9.60. The molecule has 0 spiro atoms. The molecule has 149 heavy (non-hydrogen) atoms. The predicted octanol–water partition coefficient (Wildman–Crippen LogP) is 19.0. The maximum atomic E-state index is 12.9. The second kappa shape index (κ2) is 46.8. The van der Waals surface area contributed by atoms with Gasteiger partial charge in [0.2, 0.25) is 0 Å². The van der Waals surface area contributed by atoms with Gasteiger partial charge < -0.3 is 60.2 Å². The van der Waals surface area contributed by atoms with E-state index in [0.717, 1.165) is 166 Å². The minimum Gasteiger partial charge on any atom is -0.392 e. The van der Waals surface area contributed by atoms with Gasteiger partial charge in [0.1, 0.15) is 22.6 Å². The fourth-order valence-corrected chi connectivity index (χ4v) is 19.8. The lowest BCUT2D eigenvalue weighted by atomic mass is 10.1. The van der Waals surface area contributed by atoms with Gasteiger partial charge in [-0.1, -0.05) is 53.8 Å². The van der Waals surface area contributed by atoms with Crippen LogP contribution in [0, 0.1) is 0 Å². The zero-order chi connectivity index (χ0) is 101. The fraction of sp³-hybridized carbons (Fsp3) is 0.339. The molecule has 0 radical (unpaired) electrons. The lowest BCUT2D eigenvalue weighted by Crippen LogP contribution is -2.35. The highest BCUT2D eigenvalue weighted by Gasteiger charge is 2.31. The Balaban J connectivity index is 0.000000114. The number of aromatic nitrogens is 24. The van der Waals surface area contributed by atoms with Crippen molar-refractivity contribution >= 4 is 137 Å². The lowest BCUT2D eigenvalue weighted by molar-refractivity contribution is 0.0343. The number of hydrogen-bond donors (Lipinski definition) is 4. The summed E-state index contributed by atoms with van der Waals surface area (Å²) < 4.78 is 31.6. The Morgan fingerprint density at radius 2 is 0.685 bits per heavy atom. The molecular weight excluding hydrogens is 2010 g/mol. The Morgan fingerprint density at radius 3 is 1.00 bits per heavy atom. The second-order valence-electron chi connectivity index (χ2n) is 38.3. The number of H-pyrrole nitrogens is 1. The largest absolute Gasteiger partial charge is 0.392 e. The normalized spacial score (nSPS) is 14.7. The second-order valence-corrected chi connectivity index (χ2v) is 40.5. The number of Topliss-reactive ketones (excluding diaryl/α,β-unsaturated/α-hetero) is 4. The third-order valence-corrected chi connectivity index (χ3v) is 28.8. The van der Waals surface area contributed by atoms with Gasteiger partial charge >= 0.3 is 0 Å². The fourth-order valence-electron chi connectivity index (χ4n) is 18.8. The van der Waals surface area contributed by atoms with Crippen LogP contribution in [-0.2, 0) is 86.3 Å². The maximum absolute atomic E-state index is 12.9. The number of aryl methyl sites for hydroxylation is 4. The monoisotopic (exact) mass is 2120 g/mol. The number of carbonyl (C=O) groups excluding carboxylic acids is 4. The van der Waals surface area contributed by atoms with E-state index in [0.29, 0.717) is 149 Å². The zero-order valence-electron chi connectivity index (χ0n) is 81.1. The summed E-state index contributed by atoms with van der Waals surface area (Å²) in [5.41, 5.74) is 25.7. The topological polar surface area (TPSA) is 363 Å². The predicted molar refractivity (Wildman–Crippen MR) is 570 cm³/mol. The highest BCUT2D eigenvalue weighted by Crippen LogP contribution is 2.44. The van der Waals surface area contributed by atoms with Crippen LogP contribution in [0.1, 0.15) is 240 Å². The number of imidazole rings is 8. The van der Waals surface area contributed by atoms with Crippen molar-refractivity contribution in [1.29, 1.82) is 0 Å². The number of nitrogens with one attached hydrogen (secondary N) is 2. The van der Waals surface area contributed by atoms with Crippen LogP contribution >= 0.6 is 69.6 Å². The maximum Gasteiger partial charge on any atom is 0.166 e. The molecule has 40 heteroatoms. The number of fused-ring (bicyclic) bond motifs is 8. The van der Waals surface area contributed by atoms with Crippen molar-refractivity contribution in [3.05, 3.63) is 354 Å². The Morgan fingerprint density at radius 1 is 0.362 bits per heavy atom. The van der Waals surface area contributed by atoms with E-state index in [9.17, 15) is 29.4 Å². The van der Waals surface area contributed by atoms with Crippen molar-refractivity contribution in [2.75, 3.05) is 52.6 Å². The summed E-state index contributed by atoms with van der Waals surface area (Å²) in [7, 11) is 0. The molecule has 0 aromatic carbocycles. The highest BCUT2D eigenvalue weighted by atomic mass is 35.5. The number of pyridine rings is 8. The van der Waals surface area contributed by atoms with Crippen LogP contribution in [-0.4, -0.2) is 205 Å². The van der Waals surface area contributed by atoms with Gasteiger partial charge in [-0.25, -0.2) is 39.9 Å². The third-order valence-electron chi connectivity index (χ3n) is 27.3. The van der Waals surface area contributed by atoms with Gasteiger partial charge in [0.15, 0.2) is 23.1 Å². The van der Waals surface area contributed by atoms with E-state index in [1.807, 2.05) is 112 Å². The van der Waals surface area contributed by atoms with E-state index in [4.69, 9.17) is 94.0 Å². The molecule has 34 nitrogen and oxygen atoms in total. The summed E-state index contributed by atoms with van der Waals surface area (Å²) in [5.74, 6) is 3.57. The van der Waals surface area contributed by atoms with Gasteiger partial charge in [-0.2, -0.15) is 20.4 Å². The van der Waals surface area contributed by atoms with Crippen molar-refractivity contribution in [3.63, 3.8) is 0 Å². The van der Waals surface area contributed by atoms with Crippen molar-refractivity contribution in [1.82, 2.24) is 125 Å². The van der Waals surface area contributed by atoms with E-state index in [1.165, 1.54) is 85.4 Å². The molecule has 2 aliphatic heterocycles. The first-order valence-electron chi connectivity index (χ1n) is 49.9. The van der Waals surface area contributed by atoms with E-state index < -0.39 is 0 Å². The molecule has 6 fully saturated rings. The van der Waals surface area contributed by atoms with Gasteiger partial charge in [0.25, 0.3) is 0 Å². The van der Waals surface area contributed by atoms with Gasteiger partial charge in [-0.3, -0.25) is 43.2 Å². The van der Waals surface area contributed by atoms with Crippen LogP contribution in [0.25, 0.3) is 44.7 Å². The zero-order valence-corrected chi connectivity index (χ0v) is 85.6. The van der Waals surface area contributed by atoms with E-state index in [2.05, 4.69) is 125 Å². The van der Waals surface area contributed by atoms with Crippen LogP contribution in [0.2, 0.25) is 20.1 Å². The molecule has 20 aromatic heterocycles. The number of morpholine rings is 2. The molecule has 22 heterocycles. The van der Waals surface area contributed by atoms with Crippen LogP contribution in [0.15, 0.2) is 222 Å². The summed E-state index contributed by atoms with van der Waals surface area (Å²) in [6, 6.07) is 23.3. The Hall–Kier alpha value is -13.5. The molecule has 26 rings (SSSR count). The van der Waals surface area contributed by atoms with E-state index in [-0.39, 0.29) is 43.8 Å². The standard InChI is InChI=1S/C29H30ClN7O2.C25H22Cl2N6O.C25H23ClN6O2.C13H11ClN4O.C12H13ClN2O.C4H9NO.CH4/c30-24-5-6-35-19-31-26(27(35)12-24)3-4-28(38)23-13-32-37(16-23)18-25-17-36-15-21(20-1-2-20)11-22(29(36)33-25)14-34-7-9-39-10-8-34;26-9-17-7-18(16-1-2-16)11-32-13-21(30-25(17)32)14-33-12-19(10-29-33)24(34)4-3-22-23-8-20(27)5-6-31(23)15-28-22;26-20-5-6-30-15-27-22(23(30)8-20)3-4-24(34)19-9-28-32(11-19)13-21-12-31-10-17(16-1-2-16)7-18(14-33)25(31)29-21;14-10-3-4-18-8-15-11(12(18)5-10)1-2-13(19)9-6-16-17-7-9;13-4-11-6-15-5-9(8-1-2-8)3-10(7-16)12(15)14-11;1-3-6-4-2-5-1;/h5-6,11-13,15-17,19-20H,1-4,7-10,14,18H2;5-8,10-13,15-16H,1-4,9,14H2;5-12,15-16,33H,1-4,13-14H2;3-8H,1-2H2,(H,16,17);3,5-6,8,16H,1-2,4,7H2;5H,1-4H2;1H4. The van der Waals surface area contributed by atoms with Crippen molar-refractivity contribution in [3.8, 4) is 0 Å². The van der Waals surface area contributed by atoms with Crippen molar-refractivity contribution in [2.24, 2.45) is 0 Å². The van der Waals surface area contributed by atoms with Crippen molar-refractivity contribution < 1.29 is 38.9 Å². The number of aliphatic hydroxyl groups excluding tert-OH is 2. The number of ether oxygens (including phenoxy) is 2. The van der Waals surface area contributed by atoms with E-state index >= 15 is 0 Å². The Kier molecular flexibility index (Phi) is 32.2. The van der Waals surface area contributed by atoms with Gasteiger partial charge in [-0.15, -0.1) is 23.2 Å². The summed E-state index contributed by atoms with van der Waals surface area (Å²) in [5, 5.41) is 44.5. The molecule has 4 aliphatic carbocycles. The first-order chi connectivity index (χ1) is 72.3. The number of nitrogens with zero attached hydrogens (tertiary/aromatic N) is 24. The molecule has 0 amide bonds. The number of carbonyl (C=O) groups is 4. The number of aromatic amines is 1. The third kappa shape index (κ3) is 25.2. The summed E-state index contributed by atoms with van der Waals surface area (Å²) in [6.07, 6.45) is 57.9. The van der Waals surface area contributed by atoms with Gasteiger partial charge in [-0.05, 0) is 196 Å². The number of halogens is 6. The first kappa shape index (κ1) is 103. The number of aliphatic hydroxyl groups is 2. The average molecular weight is 2130 g/mol. The molecule has 0 bridgehead atoms. The molecule has 768 valence electrons. The van der Waals surface area contributed by atoms with Gasteiger partial charge in [0, 0.05) is 200 Å². The minimum absolute atomic E-state index is 0. The molecule has 2 saturated heterocycles. The average Bonchev–Trinajstić information content (AvgIpc) is 1.62. The quantitative estimate of drug-likeness (QED) is 0.0225. The Bertz CT molecular complexity index is 7930. The molecule has 4 saturated carbocycles. The van der Waals surface area contributed by atoms with Gasteiger partial charge in [0.05, 0.1) is 211 Å². The summed E-state index contributed by atoms with van der Waals surface area (Å²) >= 11 is 36.3. The number of ketones is 4. The summed E-state index contributed by atoms with van der Waals surface area (Å²) in [4.78, 5) is 89.3. The SMILES string of the molecule is C.C1COCCN1.O=C(CCc1ncn2ccc(Cl)cc12)c1cn[nH]c1.O=C(CCc1ncn2ccc(Cl)cc12)c1cnn(Cc2cn3cc(C4CC4)cc(CCl)c3n2)c1.O=C(CCc1ncn2ccc(Cl)cc12)c1cnn(Cc2cn3cc(C4CC4)cc(CN4CCOCC4)c3n2)c1.O=C(CCc1ncn2ccc(Cl)cc12)c1cnn(Cc2cn3cc(C4CC4)cc(CO)c3n2)c1.OCc1cc(C2CC2)cn2cc(CCl)nc12. The highest BCUT2D eigenvalue weighted by molar-refractivity contribution is 6.32. The van der Waals surface area contributed by atoms with Crippen LogP contribution in [0.3, 0.4) is 0 Å². The van der Waals surface area contributed by atoms with Crippen LogP contribution in [0.5, 0.6) is 0 Å². The number of alkyl halides is 2. The van der Waals surface area contributed by atoms with Crippen LogP contribution in [0.4, 0.5) is 0 Å². The lowest BCUT2D eigenvalue weighted by Gasteiger charge is -2.26. The minimum atomic E-state index is -0.0425. The molecule has 4 N–H and O–H groups in total. The Labute approximate surface area is 887 Å². The van der Waals surface area contributed by atoms with Crippen molar-refractivity contribution in [2.45, 2.75) is 185 Å². The van der Waals surface area contributed by atoms with Crippen LogP contribution < -0.4 is 5.32 Å².